The van der Waals surface area contributed by atoms with Crippen molar-refractivity contribution in [3.8, 4) is 0 Å². The number of nitrogens with one attached hydrogen (secondary N) is 2. The van der Waals surface area contributed by atoms with Crippen LogP contribution >= 0.6 is 11.6 Å². The number of rotatable bonds is 5. The summed E-state index contributed by atoms with van der Waals surface area (Å²) in [6, 6.07) is 12.3. The summed E-state index contributed by atoms with van der Waals surface area (Å²) in [4.78, 5) is 11.6. The molecule has 0 spiro atoms. The molecule has 25 heavy (non-hydrogen) atoms. The van der Waals surface area contributed by atoms with Crippen LogP contribution in [0.3, 0.4) is 0 Å². The highest BCUT2D eigenvalue weighted by atomic mass is 35.5. The normalized spacial score (nSPS) is 17.9. The highest BCUT2D eigenvalue weighted by Gasteiger charge is 2.44. The minimum atomic E-state index is -3.62. The Bertz CT molecular complexity index is 951. The maximum Gasteiger partial charge on any atom is 0.240 e. The Hall–Kier alpha value is -1.89. The van der Waals surface area contributed by atoms with Gasteiger partial charge in [-0.2, -0.15) is 0 Å². The van der Waals surface area contributed by atoms with Gasteiger partial charge in [0, 0.05) is 22.7 Å². The number of hydrogen-bond acceptors (Lipinski definition) is 3. The lowest BCUT2D eigenvalue weighted by molar-refractivity contribution is -0.115. The summed E-state index contributed by atoms with van der Waals surface area (Å²) in [5, 5.41) is 3.37. The Morgan fingerprint density at radius 3 is 2.52 bits per heavy atom. The van der Waals surface area contributed by atoms with Crippen molar-refractivity contribution in [2.24, 2.45) is 0 Å². The predicted octanol–water partition coefficient (Wildman–Crippen LogP) is 2.84. The van der Waals surface area contributed by atoms with Gasteiger partial charge in [0.05, 0.1) is 11.3 Å². The van der Waals surface area contributed by atoms with E-state index in [9.17, 15) is 13.2 Å². The fourth-order valence-electron chi connectivity index (χ4n) is 3.21. The molecule has 2 N–H and O–H groups in total. The van der Waals surface area contributed by atoms with Crippen LogP contribution in [0.15, 0.2) is 47.4 Å². The number of amides is 1. The third-order valence-electron chi connectivity index (χ3n) is 4.92. The average molecular weight is 377 g/mol. The molecule has 0 unspecified atom stereocenters. The zero-order valence-electron chi connectivity index (χ0n) is 13.4. The van der Waals surface area contributed by atoms with E-state index in [0.717, 1.165) is 18.4 Å². The van der Waals surface area contributed by atoms with Crippen molar-refractivity contribution in [2.75, 3.05) is 11.9 Å². The largest absolute Gasteiger partial charge is 0.326 e. The number of halogens is 1. The molecule has 0 atom stereocenters. The second-order valence-corrected chi connectivity index (χ2v) is 8.86. The number of fused-ring (bicyclic) bond motifs is 1. The molecule has 4 rings (SSSR count). The molecule has 1 fully saturated rings. The molecule has 1 aliphatic carbocycles. The molecule has 0 aromatic heterocycles. The predicted molar refractivity (Wildman–Crippen MR) is 96.3 cm³/mol. The van der Waals surface area contributed by atoms with Gasteiger partial charge in [-0.05, 0) is 54.3 Å². The molecule has 2 aliphatic rings. The summed E-state index contributed by atoms with van der Waals surface area (Å²) in [5.74, 6) is -0.114. The van der Waals surface area contributed by atoms with E-state index in [2.05, 4.69) is 10.0 Å². The fourth-order valence-corrected chi connectivity index (χ4v) is 4.51. The number of benzene rings is 2. The van der Waals surface area contributed by atoms with Gasteiger partial charge in [-0.25, -0.2) is 13.1 Å². The fraction of sp³-hybridized carbons (Fsp3) is 0.278. The van der Waals surface area contributed by atoms with E-state index in [1.54, 1.807) is 12.1 Å². The molecule has 0 saturated heterocycles. The summed E-state index contributed by atoms with van der Waals surface area (Å²) >= 11 is 5.93. The zero-order valence-corrected chi connectivity index (χ0v) is 15.0. The van der Waals surface area contributed by atoms with Crippen molar-refractivity contribution in [1.82, 2.24) is 4.72 Å². The first-order chi connectivity index (χ1) is 11.9. The number of anilines is 1. The van der Waals surface area contributed by atoms with Crippen LogP contribution in [0, 0.1) is 0 Å². The number of carbonyl (C=O) groups excluding carboxylic acids is 1. The lowest BCUT2D eigenvalue weighted by atomic mass is 9.96. The summed E-state index contributed by atoms with van der Waals surface area (Å²) in [6.07, 6.45) is 2.10. The summed E-state index contributed by atoms with van der Waals surface area (Å²) in [6.45, 7) is 0.352. The van der Waals surface area contributed by atoms with Crippen molar-refractivity contribution in [3.05, 3.63) is 58.6 Å². The van der Waals surface area contributed by atoms with E-state index < -0.39 is 10.0 Å². The van der Waals surface area contributed by atoms with Gasteiger partial charge in [0.25, 0.3) is 0 Å². The van der Waals surface area contributed by atoms with Crippen LogP contribution in [0.2, 0.25) is 5.02 Å². The van der Waals surface area contributed by atoms with Crippen molar-refractivity contribution in [3.63, 3.8) is 0 Å². The van der Waals surface area contributed by atoms with Crippen LogP contribution in [-0.2, 0) is 26.7 Å². The summed E-state index contributed by atoms with van der Waals surface area (Å²) < 4.78 is 28.0. The molecule has 5 nitrogen and oxygen atoms in total. The van der Waals surface area contributed by atoms with E-state index in [4.69, 9.17) is 11.6 Å². The van der Waals surface area contributed by atoms with Crippen LogP contribution in [0.25, 0.3) is 0 Å². The second kappa shape index (κ2) is 5.83. The lowest BCUT2D eigenvalue weighted by Gasteiger charge is -2.17. The third kappa shape index (κ3) is 3.17. The molecule has 1 saturated carbocycles. The first-order valence-electron chi connectivity index (χ1n) is 8.07. The molecule has 2 aromatic carbocycles. The van der Waals surface area contributed by atoms with E-state index in [-0.39, 0.29) is 22.6 Å². The topological polar surface area (TPSA) is 75.3 Å². The third-order valence-corrected chi connectivity index (χ3v) is 6.57. The Kier molecular flexibility index (Phi) is 3.86. The van der Waals surface area contributed by atoms with Crippen LogP contribution < -0.4 is 10.0 Å². The second-order valence-electron chi connectivity index (χ2n) is 6.66. The van der Waals surface area contributed by atoms with Crippen LogP contribution in [0.5, 0.6) is 0 Å². The molecular formula is C18H17ClN2O3S. The molecule has 130 valence electrons. The number of carbonyl (C=O) groups is 1. The molecule has 1 aliphatic heterocycles. The van der Waals surface area contributed by atoms with E-state index in [1.807, 2.05) is 24.3 Å². The average Bonchev–Trinajstić information content (AvgIpc) is 3.27. The van der Waals surface area contributed by atoms with E-state index in [1.165, 1.54) is 6.07 Å². The van der Waals surface area contributed by atoms with Gasteiger partial charge in [-0.1, -0.05) is 23.7 Å². The van der Waals surface area contributed by atoms with E-state index >= 15 is 0 Å². The Morgan fingerprint density at radius 1 is 1.12 bits per heavy atom. The Labute approximate surface area is 151 Å². The standard InChI is InChI=1S/C18H17ClN2O3S/c19-14-3-1-13(2-4-14)18(7-8-18)11-20-25(23,24)15-5-6-16-12(9-15)10-17(22)21-16/h1-6,9,20H,7-8,10-11H2,(H,21,22). The quantitative estimate of drug-likeness (QED) is 0.842. The maximum absolute atomic E-state index is 12.6. The van der Waals surface area contributed by atoms with Gasteiger partial charge in [-0.15, -0.1) is 0 Å². The Balaban J connectivity index is 1.52. The number of sulfonamides is 1. The van der Waals surface area contributed by atoms with Crippen LogP contribution in [0.4, 0.5) is 5.69 Å². The first-order valence-corrected chi connectivity index (χ1v) is 9.93. The molecule has 7 heteroatoms. The van der Waals surface area contributed by atoms with Gasteiger partial charge in [0.1, 0.15) is 0 Å². The van der Waals surface area contributed by atoms with Gasteiger partial charge >= 0.3 is 0 Å². The minimum Gasteiger partial charge on any atom is -0.326 e. The van der Waals surface area contributed by atoms with Crippen molar-refractivity contribution in [1.29, 1.82) is 0 Å². The summed E-state index contributed by atoms with van der Waals surface area (Å²) in [7, 11) is -3.62. The van der Waals surface area contributed by atoms with Gasteiger partial charge < -0.3 is 5.32 Å². The first kappa shape index (κ1) is 16.6. The van der Waals surface area contributed by atoms with E-state index in [0.29, 0.717) is 22.8 Å². The van der Waals surface area contributed by atoms with Crippen LogP contribution in [0.1, 0.15) is 24.0 Å². The number of hydrogen-bond donors (Lipinski definition) is 2. The van der Waals surface area contributed by atoms with Crippen LogP contribution in [-0.4, -0.2) is 20.9 Å². The molecule has 2 aromatic rings. The molecular weight excluding hydrogens is 360 g/mol. The molecule has 0 bridgehead atoms. The highest BCUT2D eigenvalue weighted by molar-refractivity contribution is 7.89. The highest BCUT2D eigenvalue weighted by Crippen LogP contribution is 2.48. The SMILES string of the molecule is O=C1Cc2cc(S(=O)(=O)NCC3(c4ccc(Cl)cc4)CC3)ccc2N1. The van der Waals surface area contributed by atoms with Crippen molar-refractivity contribution in [2.45, 2.75) is 29.6 Å². The van der Waals surface area contributed by atoms with Crippen molar-refractivity contribution < 1.29 is 13.2 Å². The molecule has 1 heterocycles. The smallest absolute Gasteiger partial charge is 0.240 e. The molecule has 0 radical (unpaired) electrons. The van der Waals surface area contributed by atoms with Gasteiger partial charge in [0.2, 0.25) is 15.9 Å². The monoisotopic (exact) mass is 376 g/mol. The molecule has 1 amide bonds. The zero-order chi connectivity index (χ0) is 17.7. The Morgan fingerprint density at radius 2 is 1.84 bits per heavy atom. The van der Waals surface area contributed by atoms with Gasteiger partial charge in [-0.3, -0.25) is 4.79 Å². The lowest BCUT2D eigenvalue weighted by Crippen LogP contribution is -2.32. The van der Waals surface area contributed by atoms with Gasteiger partial charge in [0.15, 0.2) is 0 Å². The maximum atomic E-state index is 12.6. The minimum absolute atomic E-state index is 0.114. The van der Waals surface area contributed by atoms with Crippen molar-refractivity contribution >= 4 is 33.2 Å². The summed E-state index contributed by atoms with van der Waals surface area (Å²) in [5.41, 5.74) is 2.35.